The lowest BCUT2D eigenvalue weighted by Crippen LogP contribution is -1.93. The lowest BCUT2D eigenvalue weighted by molar-refractivity contribution is 0.125. The summed E-state index contributed by atoms with van der Waals surface area (Å²) in [5.41, 5.74) is 1.17. The minimum absolute atomic E-state index is 0.624. The molecule has 0 heterocycles. The van der Waals surface area contributed by atoms with E-state index in [1.54, 1.807) is 12.4 Å². The van der Waals surface area contributed by atoms with E-state index in [0.29, 0.717) is 13.2 Å². The molecule has 0 amide bonds. The number of hydrogen-bond donors (Lipinski definition) is 0. The van der Waals surface area contributed by atoms with Crippen LogP contribution in [0.25, 0.3) is 0 Å². The summed E-state index contributed by atoms with van der Waals surface area (Å²) in [6, 6.07) is 10.00. The van der Waals surface area contributed by atoms with Gasteiger partial charge < -0.3 is 4.74 Å². The summed E-state index contributed by atoms with van der Waals surface area (Å²) in [5, 5.41) is 0. The molecule has 0 spiro atoms. The first-order chi connectivity index (χ1) is 6.93. The second kappa shape index (κ2) is 7.04. The van der Waals surface area contributed by atoms with Gasteiger partial charge in [0.25, 0.3) is 0 Å². The number of ether oxygens (including phenoxy) is 1. The highest BCUT2D eigenvalue weighted by molar-refractivity contribution is 5.65. The Kier molecular flexibility index (Phi) is 5.36. The van der Waals surface area contributed by atoms with Gasteiger partial charge in [-0.2, -0.15) is 0 Å². The number of carbonyl (C=O) groups excluding carboxylic acids is 1. The van der Waals surface area contributed by atoms with Gasteiger partial charge >= 0.3 is 0 Å². The van der Waals surface area contributed by atoms with E-state index in [1.165, 1.54) is 11.6 Å². The predicted molar refractivity (Wildman–Crippen MR) is 55.5 cm³/mol. The summed E-state index contributed by atoms with van der Waals surface area (Å²) < 4.78 is 5.39. The zero-order chi connectivity index (χ0) is 10.1. The van der Waals surface area contributed by atoms with Crippen molar-refractivity contribution in [1.29, 1.82) is 0 Å². The van der Waals surface area contributed by atoms with Crippen LogP contribution in [-0.2, 0) is 16.1 Å². The molecule has 0 fully saturated rings. The van der Waals surface area contributed by atoms with Gasteiger partial charge in [0.2, 0.25) is 6.29 Å². The highest BCUT2D eigenvalue weighted by atomic mass is 16.5. The number of rotatable bonds is 6. The molecule has 0 aliphatic heterocycles. The first kappa shape index (κ1) is 10.7. The molecule has 0 N–H and O–H groups in total. The van der Waals surface area contributed by atoms with E-state index in [4.69, 9.17) is 4.74 Å². The van der Waals surface area contributed by atoms with Crippen LogP contribution in [0.1, 0.15) is 12.0 Å². The van der Waals surface area contributed by atoms with E-state index >= 15 is 0 Å². The van der Waals surface area contributed by atoms with E-state index in [9.17, 15) is 4.79 Å². The van der Waals surface area contributed by atoms with Gasteiger partial charge in [0, 0.05) is 0 Å². The maximum atomic E-state index is 9.81. The molecule has 0 aliphatic carbocycles. The van der Waals surface area contributed by atoms with Crippen LogP contribution >= 0.6 is 0 Å². The quantitative estimate of drug-likeness (QED) is 0.507. The first-order valence-electron chi connectivity index (χ1n) is 4.58. The van der Waals surface area contributed by atoms with Gasteiger partial charge in [0.1, 0.15) is 0 Å². The lowest BCUT2D eigenvalue weighted by atomic mass is 10.2. The van der Waals surface area contributed by atoms with Gasteiger partial charge in [-0.25, -0.2) is 0 Å². The molecule has 0 atom stereocenters. The summed E-state index contributed by atoms with van der Waals surface area (Å²) in [5.74, 6) is 0. The van der Waals surface area contributed by atoms with E-state index in [1.807, 2.05) is 30.3 Å². The molecule has 2 heteroatoms. The third-order valence-electron chi connectivity index (χ3n) is 1.73. The molecule has 2 nitrogen and oxygen atoms in total. The first-order valence-corrected chi connectivity index (χ1v) is 4.58. The van der Waals surface area contributed by atoms with Gasteiger partial charge in [-0.15, -0.1) is 0 Å². The Morgan fingerprint density at radius 2 is 2.07 bits per heavy atom. The molecule has 0 aliphatic rings. The maximum Gasteiger partial charge on any atom is 0.225 e. The van der Waals surface area contributed by atoms with Gasteiger partial charge in [-0.3, -0.25) is 4.79 Å². The number of allylic oxidation sites excluding steroid dienone is 1. The fourth-order valence-electron chi connectivity index (χ4n) is 1.05. The maximum absolute atomic E-state index is 9.81. The molecule has 1 aromatic carbocycles. The van der Waals surface area contributed by atoms with Gasteiger partial charge in [-0.1, -0.05) is 36.4 Å². The second-order valence-corrected chi connectivity index (χ2v) is 2.85. The Labute approximate surface area is 84.2 Å². The highest BCUT2D eigenvalue weighted by Gasteiger charge is 1.89. The summed E-state index contributed by atoms with van der Waals surface area (Å²) in [6.45, 7) is 1.26. The predicted octanol–water partition coefficient (Wildman–Crippen LogP) is 2.26. The largest absolute Gasteiger partial charge is 0.376 e. The molecule has 1 radical (unpaired) electrons. The van der Waals surface area contributed by atoms with Gasteiger partial charge in [0.05, 0.1) is 13.2 Å². The smallest absolute Gasteiger partial charge is 0.225 e. The molecule has 0 aromatic heterocycles. The molecule has 0 saturated carbocycles. The molecule has 1 rings (SSSR count). The summed E-state index contributed by atoms with van der Waals surface area (Å²) in [6.07, 6.45) is 5.56. The number of hydrogen-bond acceptors (Lipinski definition) is 2. The minimum Gasteiger partial charge on any atom is -0.376 e. The Balaban J connectivity index is 2.10. The van der Waals surface area contributed by atoms with Crippen LogP contribution < -0.4 is 0 Å². The summed E-state index contributed by atoms with van der Waals surface area (Å²) in [4.78, 5) is 9.81. The van der Waals surface area contributed by atoms with E-state index in [-0.39, 0.29) is 0 Å². The van der Waals surface area contributed by atoms with Crippen LogP contribution in [0.15, 0.2) is 42.5 Å². The van der Waals surface area contributed by atoms with E-state index in [0.717, 1.165) is 6.42 Å². The molecule has 0 bridgehead atoms. The molecule has 14 heavy (non-hydrogen) atoms. The Morgan fingerprint density at radius 1 is 1.29 bits per heavy atom. The SMILES string of the molecule is O=[C]C=CCCOCc1ccccc1. The zero-order valence-corrected chi connectivity index (χ0v) is 7.98. The third kappa shape index (κ3) is 4.58. The van der Waals surface area contributed by atoms with Crippen molar-refractivity contribution in [3.05, 3.63) is 48.0 Å². The monoisotopic (exact) mass is 189 g/mol. The van der Waals surface area contributed by atoms with Crippen LogP contribution in [0.5, 0.6) is 0 Å². The van der Waals surface area contributed by atoms with Crippen molar-refractivity contribution < 1.29 is 9.53 Å². The molecular weight excluding hydrogens is 176 g/mol. The Morgan fingerprint density at radius 3 is 2.79 bits per heavy atom. The van der Waals surface area contributed by atoms with Gasteiger partial charge in [0.15, 0.2) is 0 Å². The normalized spacial score (nSPS) is 10.6. The van der Waals surface area contributed by atoms with Crippen molar-refractivity contribution in [2.45, 2.75) is 13.0 Å². The van der Waals surface area contributed by atoms with Crippen LogP contribution in [-0.4, -0.2) is 12.9 Å². The molecule has 0 unspecified atom stereocenters. The lowest BCUT2D eigenvalue weighted by Gasteiger charge is -2.01. The third-order valence-corrected chi connectivity index (χ3v) is 1.73. The van der Waals surface area contributed by atoms with Crippen molar-refractivity contribution >= 4 is 6.29 Å². The van der Waals surface area contributed by atoms with Crippen LogP contribution in [0, 0.1) is 0 Å². The van der Waals surface area contributed by atoms with Crippen molar-refractivity contribution in [2.75, 3.05) is 6.61 Å². The standard InChI is InChI=1S/C12H13O2/c13-9-5-2-6-10-14-11-12-7-3-1-4-8-12/h1-5,7-8H,6,10-11H2. The number of benzene rings is 1. The molecule has 0 saturated heterocycles. The second-order valence-electron chi connectivity index (χ2n) is 2.85. The van der Waals surface area contributed by atoms with E-state index < -0.39 is 0 Å². The van der Waals surface area contributed by atoms with Crippen LogP contribution in [0.4, 0.5) is 0 Å². The van der Waals surface area contributed by atoms with Crippen molar-refractivity contribution in [2.24, 2.45) is 0 Å². The van der Waals surface area contributed by atoms with Crippen molar-refractivity contribution in [1.82, 2.24) is 0 Å². The van der Waals surface area contributed by atoms with Crippen LogP contribution in [0.3, 0.4) is 0 Å². The molecular formula is C12H13O2. The van der Waals surface area contributed by atoms with Crippen molar-refractivity contribution in [3.8, 4) is 0 Å². The molecule has 1 aromatic rings. The molecule has 73 valence electrons. The fourth-order valence-corrected chi connectivity index (χ4v) is 1.05. The summed E-state index contributed by atoms with van der Waals surface area (Å²) >= 11 is 0. The Hall–Kier alpha value is -1.41. The minimum atomic E-state index is 0.624. The van der Waals surface area contributed by atoms with Crippen molar-refractivity contribution in [3.63, 3.8) is 0 Å². The van der Waals surface area contributed by atoms with Gasteiger partial charge in [-0.05, 0) is 18.1 Å². The fraction of sp³-hybridized carbons (Fsp3) is 0.250. The summed E-state index contributed by atoms with van der Waals surface area (Å²) in [7, 11) is 0. The average Bonchev–Trinajstić information content (AvgIpc) is 2.25. The van der Waals surface area contributed by atoms with Crippen LogP contribution in [0.2, 0.25) is 0 Å². The van der Waals surface area contributed by atoms with E-state index in [2.05, 4.69) is 0 Å². The Bertz CT molecular complexity index is 278. The zero-order valence-electron chi connectivity index (χ0n) is 7.98. The average molecular weight is 189 g/mol. The topological polar surface area (TPSA) is 26.3 Å². The highest BCUT2D eigenvalue weighted by Crippen LogP contribution is 2.00.